The molecule has 2 aliphatic rings. The smallest absolute Gasteiger partial charge is 0.279 e. The van der Waals surface area contributed by atoms with Gasteiger partial charge in [-0.1, -0.05) is 13.3 Å². The Labute approximate surface area is 104 Å². The Bertz CT molecular complexity index is 339. The van der Waals surface area contributed by atoms with Crippen molar-refractivity contribution < 1.29 is 8.42 Å². The Hall–Kier alpha value is -0.170. The molecule has 0 aromatic carbocycles. The van der Waals surface area contributed by atoms with Gasteiger partial charge < -0.3 is 5.32 Å². The summed E-state index contributed by atoms with van der Waals surface area (Å²) >= 11 is 0. The zero-order chi connectivity index (χ0) is 12.3. The molecule has 0 spiro atoms. The van der Waals surface area contributed by atoms with Crippen LogP contribution in [-0.2, 0) is 10.2 Å². The molecule has 6 heteroatoms. The van der Waals surface area contributed by atoms with Gasteiger partial charge >= 0.3 is 0 Å². The molecule has 0 aromatic heterocycles. The second-order valence-electron chi connectivity index (χ2n) is 5.28. The molecule has 0 aromatic rings. The van der Waals surface area contributed by atoms with Gasteiger partial charge in [-0.25, -0.2) is 0 Å². The summed E-state index contributed by atoms with van der Waals surface area (Å²) in [5.74, 6) is 0.540. The van der Waals surface area contributed by atoms with E-state index < -0.39 is 10.2 Å². The van der Waals surface area contributed by atoms with Crippen LogP contribution in [0.4, 0.5) is 0 Å². The minimum atomic E-state index is -3.26. The predicted molar refractivity (Wildman–Crippen MR) is 67.9 cm³/mol. The molecule has 2 atom stereocenters. The van der Waals surface area contributed by atoms with Gasteiger partial charge in [0.15, 0.2) is 0 Å². The van der Waals surface area contributed by atoms with Gasteiger partial charge in [-0.15, -0.1) is 0 Å². The van der Waals surface area contributed by atoms with E-state index in [0.717, 1.165) is 38.8 Å². The molecule has 2 saturated heterocycles. The van der Waals surface area contributed by atoms with E-state index in [1.54, 1.807) is 4.31 Å². The SMILES string of the molecule is CC1CNCC(NS(=O)(=O)N2CCCCC2)C1. The highest BCUT2D eigenvalue weighted by molar-refractivity contribution is 7.87. The predicted octanol–water partition coefficient (Wildman–Crippen LogP) is 0.305. The van der Waals surface area contributed by atoms with Crippen LogP contribution >= 0.6 is 0 Å². The van der Waals surface area contributed by atoms with Gasteiger partial charge in [-0.3, -0.25) is 0 Å². The number of nitrogens with zero attached hydrogens (tertiary/aromatic N) is 1. The van der Waals surface area contributed by atoms with E-state index in [9.17, 15) is 8.42 Å². The van der Waals surface area contributed by atoms with Crippen LogP contribution in [0.1, 0.15) is 32.6 Å². The van der Waals surface area contributed by atoms with E-state index >= 15 is 0 Å². The van der Waals surface area contributed by atoms with Crippen molar-refractivity contribution >= 4 is 10.2 Å². The molecule has 0 saturated carbocycles. The monoisotopic (exact) mass is 261 g/mol. The lowest BCUT2D eigenvalue weighted by Gasteiger charge is -2.32. The largest absolute Gasteiger partial charge is 0.315 e. The lowest BCUT2D eigenvalue weighted by molar-refractivity contribution is 0.316. The fourth-order valence-electron chi connectivity index (χ4n) is 2.64. The van der Waals surface area contributed by atoms with Crippen molar-refractivity contribution in [3.8, 4) is 0 Å². The number of hydrogen-bond acceptors (Lipinski definition) is 3. The van der Waals surface area contributed by atoms with Gasteiger partial charge in [0.25, 0.3) is 10.2 Å². The molecule has 0 aliphatic carbocycles. The van der Waals surface area contributed by atoms with Crippen molar-refractivity contribution in [2.75, 3.05) is 26.2 Å². The average Bonchev–Trinajstić information content (AvgIpc) is 2.29. The van der Waals surface area contributed by atoms with Gasteiger partial charge in [0.2, 0.25) is 0 Å². The van der Waals surface area contributed by atoms with Crippen LogP contribution in [0.3, 0.4) is 0 Å². The van der Waals surface area contributed by atoms with Gasteiger partial charge in [0.05, 0.1) is 0 Å². The van der Waals surface area contributed by atoms with Crippen molar-refractivity contribution in [2.45, 2.75) is 38.6 Å². The van der Waals surface area contributed by atoms with E-state index in [4.69, 9.17) is 0 Å². The third-order valence-corrected chi connectivity index (χ3v) is 5.22. The van der Waals surface area contributed by atoms with Gasteiger partial charge in [0.1, 0.15) is 0 Å². The van der Waals surface area contributed by atoms with Crippen LogP contribution in [0.15, 0.2) is 0 Å². The van der Waals surface area contributed by atoms with Crippen LogP contribution in [0.5, 0.6) is 0 Å². The Morgan fingerprint density at radius 3 is 2.53 bits per heavy atom. The number of piperidine rings is 2. The normalized spacial score (nSPS) is 32.5. The summed E-state index contributed by atoms with van der Waals surface area (Å²) in [6.45, 7) is 5.23. The van der Waals surface area contributed by atoms with E-state index in [1.807, 2.05) is 0 Å². The van der Waals surface area contributed by atoms with Crippen LogP contribution in [0, 0.1) is 5.92 Å². The topological polar surface area (TPSA) is 61.4 Å². The molecule has 2 unspecified atom stereocenters. The molecule has 5 nitrogen and oxygen atoms in total. The lowest BCUT2D eigenvalue weighted by Crippen LogP contribution is -2.53. The minimum Gasteiger partial charge on any atom is -0.315 e. The molecule has 0 radical (unpaired) electrons. The van der Waals surface area contributed by atoms with Gasteiger partial charge in [-0.2, -0.15) is 17.4 Å². The third kappa shape index (κ3) is 3.64. The molecule has 0 bridgehead atoms. The highest BCUT2D eigenvalue weighted by atomic mass is 32.2. The summed E-state index contributed by atoms with van der Waals surface area (Å²) in [6, 6.07) is 0.0469. The molecular weight excluding hydrogens is 238 g/mol. The number of nitrogens with one attached hydrogen (secondary N) is 2. The van der Waals surface area contributed by atoms with Crippen molar-refractivity contribution in [3.63, 3.8) is 0 Å². The molecule has 17 heavy (non-hydrogen) atoms. The maximum Gasteiger partial charge on any atom is 0.279 e. The minimum absolute atomic E-state index is 0.0469. The van der Waals surface area contributed by atoms with Crippen LogP contribution in [-0.4, -0.2) is 44.9 Å². The first-order chi connectivity index (χ1) is 8.08. The first-order valence-corrected chi connectivity index (χ1v) is 8.00. The second kappa shape index (κ2) is 5.65. The van der Waals surface area contributed by atoms with Gasteiger partial charge in [0, 0.05) is 25.7 Å². The summed E-state index contributed by atoms with van der Waals surface area (Å²) in [6.07, 6.45) is 4.05. The first-order valence-electron chi connectivity index (χ1n) is 6.56. The lowest BCUT2D eigenvalue weighted by atomic mass is 9.99. The Morgan fingerprint density at radius 1 is 1.18 bits per heavy atom. The summed E-state index contributed by atoms with van der Waals surface area (Å²) in [5.41, 5.74) is 0. The summed E-state index contributed by atoms with van der Waals surface area (Å²) < 4.78 is 28.7. The van der Waals surface area contributed by atoms with Crippen LogP contribution in [0.2, 0.25) is 0 Å². The summed E-state index contributed by atoms with van der Waals surface area (Å²) in [7, 11) is -3.26. The molecule has 2 fully saturated rings. The highest BCUT2D eigenvalue weighted by Gasteiger charge is 2.28. The van der Waals surface area contributed by atoms with Crippen molar-refractivity contribution in [1.82, 2.24) is 14.3 Å². The Balaban J connectivity index is 1.91. The van der Waals surface area contributed by atoms with E-state index in [0.29, 0.717) is 19.0 Å². The molecule has 2 N–H and O–H groups in total. The third-order valence-electron chi connectivity index (χ3n) is 3.54. The number of rotatable bonds is 3. The zero-order valence-corrected chi connectivity index (χ0v) is 11.3. The second-order valence-corrected chi connectivity index (χ2v) is 6.98. The molecule has 100 valence electrons. The fraction of sp³-hybridized carbons (Fsp3) is 1.00. The first kappa shape index (κ1) is 13.3. The van der Waals surface area contributed by atoms with Gasteiger partial charge in [-0.05, 0) is 31.7 Å². The standard InChI is InChI=1S/C11H23N3O2S/c1-10-7-11(9-12-8-10)13-17(15,16)14-5-3-2-4-6-14/h10-13H,2-9H2,1H3. The summed E-state index contributed by atoms with van der Waals surface area (Å²) in [4.78, 5) is 0. The molecule has 2 heterocycles. The van der Waals surface area contributed by atoms with E-state index in [1.165, 1.54) is 0 Å². The molecule has 2 aliphatic heterocycles. The molecular formula is C11H23N3O2S. The average molecular weight is 261 g/mol. The van der Waals surface area contributed by atoms with Crippen LogP contribution < -0.4 is 10.0 Å². The summed E-state index contributed by atoms with van der Waals surface area (Å²) in [5, 5.41) is 3.26. The van der Waals surface area contributed by atoms with Crippen molar-refractivity contribution in [3.05, 3.63) is 0 Å². The van der Waals surface area contributed by atoms with E-state index in [-0.39, 0.29) is 6.04 Å². The van der Waals surface area contributed by atoms with Crippen molar-refractivity contribution in [1.29, 1.82) is 0 Å². The number of hydrogen-bond donors (Lipinski definition) is 2. The molecule has 0 amide bonds. The quantitative estimate of drug-likeness (QED) is 0.768. The van der Waals surface area contributed by atoms with Crippen molar-refractivity contribution in [2.24, 2.45) is 5.92 Å². The Morgan fingerprint density at radius 2 is 1.88 bits per heavy atom. The van der Waals surface area contributed by atoms with Crippen LogP contribution in [0.25, 0.3) is 0 Å². The highest BCUT2D eigenvalue weighted by Crippen LogP contribution is 2.15. The molecule has 2 rings (SSSR count). The maximum absolute atomic E-state index is 12.1. The fourth-order valence-corrected chi connectivity index (χ4v) is 4.13. The van der Waals surface area contributed by atoms with E-state index in [2.05, 4.69) is 17.0 Å². The maximum atomic E-state index is 12.1. The Kier molecular flexibility index (Phi) is 4.41. The zero-order valence-electron chi connectivity index (χ0n) is 10.5.